The maximum atomic E-state index is 11.4. The summed E-state index contributed by atoms with van der Waals surface area (Å²) in [6, 6.07) is -0.0693. The van der Waals surface area contributed by atoms with Crippen molar-refractivity contribution in [1.29, 1.82) is 0 Å². The van der Waals surface area contributed by atoms with Crippen molar-refractivity contribution in [2.75, 3.05) is 26.4 Å². The van der Waals surface area contributed by atoms with E-state index in [0.717, 1.165) is 6.54 Å². The van der Waals surface area contributed by atoms with Gasteiger partial charge in [0, 0.05) is 32.1 Å². The average Bonchev–Trinajstić information content (AvgIpc) is 2.14. The molecule has 16 heavy (non-hydrogen) atoms. The lowest BCUT2D eigenvalue weighted by atomic mass is 9.83. The van der Waals surface area contributed by atoms with Gasteiger partial charge in [-0.3, -0.25) is 0 Å². The molecule has 0 unspecified atom stereocenters. The number of piperidine rings is 1. The lowest BCUT2D eigenvalue weighted by Gasteiger charge is -2.39. The lowest BCUT2D eigenvalue weighted by Crippen LogP contribution is -2.53. The van der Waals surface area contributed by atoms with Crippen LogP contribution >= 0.6 is 0 Å². The first kappa shape index (κ1) is 13.9. The highest BCUT2D eigenvalue weighted by Gasteiger charge is 2.35. The molecule has 1 heterocycles. The highest BCUT2D eigenvalue weighted by atomic mass is 32.2. The van der Waals surface area contributed by atoms with Gasteiger partial charge in [0.2, 0.25) is 10.0 Å². The Labute approximate surface area is 97.9 Å². The van der Waals surface area contributed by atoms with Crippen LogP contribution in [0.3, 0.4) is 0 Å². The summed E-state index contributed by atoms with van der Waals surface area (Å²) in [5.74, 6) is 0.0791. The molecule has 1 aliphatic heterocycles. The summed E-state index contributed by atoms with van der Waals surface area (Å²) in [6.45, 7) is 4.91. The number of likely N-dealkylation sites (N-methyl/N-ethyl adjacent to an activating group) is 1. The minimum absolute atomic E-state index is 0.0693. The molecule has 0 aromatic carbocycles. The Morgan fingerprint density at radius 2 is 1.94 bits per heavy atom. The van der Waals surface area contributed by atoms with Gasteiger partial charge in [-0.1, -0.05) is 0 Å². The van der Waals surface area contributed by atoms with Gasteiger partial charge in [-0.05, 0) is 20.3 Å². The minimum atomic E-state index is -3.16. The molecule has 0 aliphatic carbocycles. The van der Waals surface area contributed by atoms with E-state index in [1.54, 1.807) is 20.9 Å². The van der Waals surface area contributed by atoms with Gasteiger partial charge in [-0.2, -0.15) is 0 Å². The van der Waals surface area contributed by atoms with Crippen LogP contribution in [0, 0.1) is 5.92 Å². The highest BCUT2D eigenvalue weighted by Crippen LogP contribution is 2.25. The quantitative estimate of drug-likeness (QED) is 0.717. The molecule has 1 fully saturated rings. The van der Waals surface area contributed by atoms with E-state index in [9.17, 15) is 13.5 Å². The van der Waals surface area contributed by atoms with E-state index in [2.05, 4.69) is 5.32 Å². The van der Waals surface area contributed by atoms with Crippen LogP contribution in [0.25, 0.3) is 0 Å². The van der Waals surface area contributed by atoms with E-state index in [1.165, 1.54) is 10.6 Å². The Morgan fingerprint density at radius 3 is 2.38 bits per heavy atom. The maximum absolute atomic E-state index is 11.4. The number of nitrogens with zero attached hydrogens (tertiary/aromatic N) is 1. The molecule has 0 bridgehead atoms. The number of aliphatic hydroxyl groups is 1. The van der Waals surface area contributed by atoms with Gasteiger partial charge in [0.15, 0.2) is 0 Å². The van der Waals surface area contributed by atoms with E-state index in [1.807, 2.05) is 0 Å². The van der Waals surface area contributed by atoms with E-state index in [4.69, 9.17) is 0 Å². The molecule has 0 spiro atoms. The van der Waals surface area contributed by atoms with Gasteiger partial charge in [-0.15, -0.1) is 0 Å². The molecule has 0 aromatic rings. The topological polar surface area (TPSA) is 69.6 Å². The molecular formula is C10H22N2O3S. The summed E-state index contributed by atoms with van der Waals surface area (Å²) in [5, 5.41) is 13.1. The van der Waals surface area contributed by atoms with Crippen LogP contribution < -0.4 is 5.32 Å². The SMILES string of the molecule is CN([C@H]1CNC[C@@H](C(C)(C)O)C1)S(C)(=O)=O. The van der Waals surface area contributed by atoms with Crippen molar-refractivity contribution >= 4 is 10.0 Å². The van der Waals surface area contributed by atoms with E-state index in [-0.39, 0.29) is 12.0 Å². The van der Waals surface area contributed by atoms with Gasteiger partial charge in [-0.25, -0.2) is 12.7 Å². The zero-order valence-corrected chi connectivity index (χ0v) is 11.2. The molecule has 5 nitrogen and oxygen atoms in total. The average molecular weight is 250 g/mol. The number of hydrogen-bond donors (Lipinski definition) is 2. The smallest absolute Gasteiger partial charge is 0.211 e. The maximum Gasteiger partial charge on any atom is 0.211 e. The second kappa shape index (κ2) is 4.60. The van der Waals surface area contributed by atoms with Crippen molar-refractivity contribution in [3.8, 4) is 0 Å². The van der Waals surface area contributed by atoms with Crippen LogP contribution in [0.1, 0.15) is 20.3 Å². The Balaban J connectivity index is 2.72. The zero-order valence-electron chi connectivity index (χ0n) is 10.4. The molecule has 2 atom stereocenters. The van der Waals surface area contributed by atoms with Crippen LogP contribution in [0.2, 0.25) is 0 Å². The van der Waals surface area contributed by atoms with Gasteiger partial charge >= 0.3 is 0 Å². The summed E-state index contributed by atoms with van der Waals surface area (Å²) < 4.78 is 24.2. The third-order valence-electron chi connectivity index (χ3n) is 3.36. The molecule has 0 saturated carbocycles. The Hall–Kier alpha value is -0.170. The van der Waals surface area contributed by atoms with Crippen molar-refractivity contribution in [2.45, 2.75) is 31.9 Å². The normalized spacial score (nSPS) is 28.4. The summed E-state index contributed by atoms with van der Waals surface area (Å²) in [7, 11) is -1.57. The molecule has 1 rings (SSSR count). The third-order valence-corrected chi connectivity index (χ3v) is 4.71. The van der Waals surface area contributed by atoms with Gasteiger partial charge < -0.3 is 10.4 Å². The molecule has 2 N–H and O–H groups in total. The molecule has 0 amide bonds. The van der Waals surface area contributed by atoms with Crippen molar-refractivity contribution in [1.82, 2.24) is 9.62 Å². The Kier molecular flexibility index (Phi) is 3.99. The standard InChI is InChI=1S/C10H22N2O3S/c1-10(2,13)8-5-9(7-11-6-8)12(3)16(4,14)15/h8-9,11,13H,5-7H2,1-4H3/t8-,9+/m0/s1. The molecule has 1 aliphatic rings. The van der Waals surface area contributed by atoms with Crippen molar-refractivity contribution in [2.24, 2.45) is 5.92 Å². The fraction of sp³-hybridized carbons (Fsp3) is 1.00. The zero-order chi connectivity index (χ0) is 12.6. The van der Waals surface area contributed by atoms with Crippen molar-refractivity contribution < 1.29 is 13.5 Å². The summed E-state index contributed by atoms with van der Waals surface area (Å²) >= 11 is 0. The number of sulfonamides is 1. The van der Waals surface area contributed by atoms with Gasteiger partial charge in [0.1, 0.15) is 0 Å². The lowest BCUT2D eigenvalue weighted by molar-refractivity contribution is -0.00290. The van der Waals surface area contributed by atoms with Gasteiger partial charge in [0.05, 0.1) is 11.9 Å². The molecule has 0 aromatic heterocycles. The minimum Gasteiger partial charge on any atom is -0.390 e. The van der Waals surface area contributed by atoms with Crippen LogP contribution in [0.4, 0.5) is 0 Å². The Bertz CT molecular complexity index is 334. The molecule has 96 valence electrons. The second-order valence-electron chi connectivity index (χ2n) is 5.18. The summed E-state index contributed by atoms with van der Waals surface area (Å²) in [4.78, 5) is 0. The van der Waals surface area contributed by atoms with E-state index in [0.29, 0.717) is 13.0 Å². The predicted octanol–water partition coefficient (Wildman–Crippen LogP) is -0.373. The fourth-order valence-electron chi connectivity index (χ4n) is 2.01. The highest BCUT2D eigenvalue weighted by molar-refractivity contribution is 7.88. The van der Waals surface area contributed by atoms with Crippen molar-refractivity contribution in [3.05, 3.63) is 0 Å². The van der Waals surface area contributed by atoms with Crippen molar-refractivity contribution in [3.63, 3.8) is 0 Å². The van der Waals surface area contributed by atoms with Crippen LogP contribution in [-0.2, 0) is 10.0 Å². The first-order chi connectivity index (χ1) is 7.12. The fourth-order valence-corrected chi connectivity index (χ4v) is 2.71. The van der Waals surface area contributed by atoms with E-state index < -0.39 is 15.6 Å². The van der Waals surface area contributed by atoms with Gasteiger partial charge in [0.25, 0.3) is 0 Å². The number of hydrogen-bond acceptors (Lipinski definition) is 4. The summed E-state index contributed by atoms with van der Waals surface area (Å²) in [6.07, 6.45) is 1.90. The number of rotatable bonds is 3. The first-order valence-corrected chi connectivity index (χ1v) is 7.33. The third kappa shape index (κ3) is 3.41. The number of nitrogens with one attached hydrogen (secondary N) is 1. The molecule has 0 radical (unpaired) electrons. The summed E-state index contributed by atoms with van der Waals surface area (Å²) in [5.41, 5.74) is -0.774. The second-order valence-corrected chi connectivity index (χ2v) is 7.22. The molecule has 6 heteroatoms. The molecular weight excluding hydrogens is 228 g/mol. The molecule has 1 saturated heterocycles. The predicted molar refractivity (Wildman–Crippen MR) is 63.7 cm³/mol. The monoisotopic (exact) mass is 250 g/mol. The first-order valence-electron chi connectivity index (χ1n) is 5.48. The van der Waals surface area contributed by atoms with Crippen LogP contribution in [0.15, 0.2) is 0 Å². The Morgan fingerprint density at radius 1 is 1.38 bits per heavy atom. The largest absolute Gasteiger partial charge is 0.390 e. The van der Waals surface area contributed by atoms with E-state index >= 15 is 0 Å². The van der Waals surface area contributed by atoms with Crippen LogP contribution in [0.5, 0.6) is 0 Å². The van der Waals surface area contributed by atoms with Crippen LogP contribution in [-0.4, -0.2) is 55.9 Å².